The van der Waals surface area contributed by atoms with Gasteiger partial charge in [0.05, 0.1) is 28.2 Å². The van der Waals surface area contributed by atoms with Crippen LogP contribution < -0.4 is 0 Å². The van der Waals surface area contributed by atoms with Crippen molar-refractivity contribution in [1.29, 1.82) is 5.26 Å². The molecule has 2 aromatic rings. The lowest BCUT2D eigenvalue weighted by Crippen LogP contribution is -1.90. The third kappa shape index (κ3) is 2.76. The normalized spacial score (nSPS) is 10.1. The SMILES string of the molecule is N#CCc1ccc(-c2ccc(Cl)c(Cl)c2)nc1Cl. The van der Waals surface area contributed by atoms with E-state index in [4.69, 9.17) is 40.1 Å². The minimum atomic E-state index is 0.244. The Hall–Kier alpha value is -1.27. The molecule has 90 valence electrons. The summed E-state index contributed by atoms with van der Waals surface area (Å²) in [6.45, 7) is 0. The largest absolute Gasteiger partial charge is 0.236 e. The van der Waals surface area contributed by atoms with Crippen LogP contribution in [0.3, 0.4) is 0 Å². The van der Waals surface area contributed by atoms with Gasteiger partial charge in [-0.3, -0.25) is 0 Å². The van der Waals surface area contributed by atoms with Gasteiger partial charge in [-0.25, -0.2) is 4.98 Å². The highest BCUT2D eigenvalue weighted by atomic mass is 35.5. The van der Waals surface area contributed by atoms with Gasteiger partial charge in [0.1, 0.15) is 5.15 Å². The van der Waals surface area contributed by atoms with E-state index >= 15 is 0 Å². The van der Waals surface area contributed by atoms with Crippen LogP contribution >= 0.6 is 34.8 Å². The fourth-order valence-electron chi connectivity index (χ4n) is 1.50. The van der Waals surface area contributed by atoms with Crippen molar-refractivity contribution in [2.24, 2.45) is 0 Å². The van der Waals surface area contributed by atoms with Crippen LogP contribution in [0.4, 0.5) is 0 Å². The fourth-order valence-corrected chi connectivity index (χ4v) is 2.02. The van der Waals surface area contributed by atoms with E-state index in [1.807, 2.05) is 12.1 Å². The van der Waals surface area contributed by atoms with Gasteiger partial charge in [-0.05, 0) is 18.2 Å². The van der Waals surface area contributed by atoms with Crippen molar-refractivity contribution in [1.82, 2.24) is 4.98 Å². The van der Waals surface area contributed by atoms with E-state index in [1.54, 1.807) is 24.3 Å². The lowest BCUT2D eigenvalue weighted by molar-refractivity contribution is 1.19. The summed E-state index contributed by atoms with van der Waals surface area (Å²) >= 11 is 17.8. The van der Waals surface area contributed by atoms with Crippen molar-refractivity contribution in [3.05, 3.63) is 51.1 Å². The first-order chi connectivity index (χ1) is 8.61. The number of pyridine rings is 1. The number of nitrogens with zero attached hydrogens (tertiary/aromatic N) is 2. The highest BCUT2D eigenvalue weighted by Gasteiger charge is 2.07. The van der Waals surface area contributed by atoms with E-state index in [-0.39, 0.29) is 6.42 Å². The van der Waals surface area contributed by atoms with Gasteiger partial charge in [0.15, 0.2) is 0 Å². The van der Waals surface area contributed by atoms with Gasteiger partial charge in [-0.15, -0.1) is 0 Å². The molecular weight excluding hydrogens is 291 g/mol. The van der Waals surface area contributed by atoms with Gasteiger partial charge in [0.25, 0.3) is 0 Å². The molecule has 2 rings (SSSR count). The maximum absolute atomic E-state index is 8.63. The third-order valence-electron chi connectivity index (χ3n) is 2.41. The summed E-state index contributed by atoms with van der Waals surface area (Å²) in [6, 6.07) is 10.9. The van der Waals surface area contributed by atoms with Crippen LogP contribution in [0.1, 0.15) is 5.56 Å². The fraction of sp³-hybridized carbons (Fsp3) is 0.0769. The van der Waals surface area contributed by atoms with E-state index < -0.39 is 0 Å². The van der Waals surface area contributed by atoms with Crippen molar-refractivity contribution in [2.75, 3.05) is 0 Å². The summed E-state index contributed by atoms with van der Waals surface area (Å²) < 4.78 is 0. The lowest BCUT2D eigenvalue weighted by atomic mass is 10.1. The Bertz CT molecular complexity index is 633. The van der Waals surface area contributed by atoms with Gasteiger partial charge in [-0.1, -0.05) is 46.9 Å². The summed E-state index contributed by atoms with van der Waals surface area (Å²) in [5, 5.41) is 9.92. The molecule has 0 aliphatic rings. The molecule has 1 aromatic heterocycles. The maximum atomic E-state index is 8.63. The molecule has 2 nitrogen and oxygen atoms in total. The second-order valence-electron chi connectivity index (χ2n) is 3.61. The molecule has 0 fully saturated rings. The number of aromatic nitrogens is 1. The zero-order chi connectivity index (χ0) is 13.1. The molecule has 1 aromatic carbocycles. The van der Waals surface area contributed by atoms with Crippen LogP contribution in [0.2, 0.25) is 15.2 Å². The summed E-state index contributed by atoms with van der Waals surface area (Å²) in [5.74, 6) is 0. The van der Waals surface area contributed by atoms with Crippen LogP contribution in [-0.4, -0.2) is 4.98 Å². The second kappa shape index (κ2) is 5.58. The quantitative estimate of drug-likeness (QED) is 0.748. The Morgan fingerprint density at radius 2 is 1.83 bits per heavy atom. The van der Waals surface area contributed by atoms with Crippen molar-refractivity contribution < 1.29 is 0 Å². The summed E-state index contributed by atoms with van der Waals surface area (Å²) in [7, 11) is 0. The Kier molecular flexibility index (Phi) is 4.08. The highest BCUT2D eigenvalue weighted by molar-refractivity contribution is 6.42. The average molecular weight is 298 g/mol. The summed E-state index contributed by atoms with van der Waals surface area (Å²) in [5.41, 5.74) is 2.23. The Labute approximate surface area is 120 Å². The van der Waals surface area contributed by atoms with E-state index in [0.717, 1.165) is 5.56 Å². The molecule has 0 saturated carbocycles. The van der Waals surface area contributed by atoms with Crippen molar-refractivity contribution >= 4 is 34.8 Å². The minimum Gasteiger partial charge on any atom is -0.236 e. The molecule has 1 heterocycles. The molecule has 0 aliphatic heterocycles. The van der Waals surface area contributed by atoms with E-state index in [9.17, 15) is 0 Å². The molecule has 0 aliphatic carbocycles. The molecule has 0 saturated heterocycles. The summed E-state index contributed by atoms with van der Waals surface area (Å²) in [6.07, 6.45) is 0.244. The predicted molar refractivity (Wildman–Crippen MR) is 74.0 cm³/mol. The van der Waals surface area contributed by atoms with Gasteiger partial charge in [-0.2, -0.15) is 5.26 Å². The standard InChI is InChI=1S/C13H7Cl3N2/c14-10-3-1-9(7-11(10)15)12-4-2-8(5-6-17)13(16)18-12/h1-4,7H,5H2. The van der Waals surface area contributed by atoms with E-state index in [0.29, 0.717) is 26.5 Å². The Morgan fingerprint density at radius 3 is 2.44 bits per heavy atom. The number of halogens is 3. The van der Waals surface area contributed by atoms with Crippen LogP contribution in [0.5, 0.6) is 0 Å². The summed E-state index contributed by atoms with van der Waals surface area (Å²) in [4.78, 5) is 4.25. The maximum Gasteiger partial charge on any atom is 0.133 e. The zero-order valence-corrected chi connectivity index (χ0v) is 11.4. The number of hydrogen-bond donors (Lipinski definition) is 0. The van der Waals surface area contributed by atoms with Crippen molar-refractivity contribution in [2.45, 2.75) is 6.42 Å². The smallest absolute Gasteiger partial charge is 0.133 e. The van der Waals surface area contributed by atoms with Crippen molar-refractivity contribution in [3.8, 4) is 17.3 Å². The third-order valence-corrected chi connectivity index (χ3v) is 3.48. The topological polar surface area (TPSA) is 36.7 Å². The molecule has 5 heteroatoms. The molecule has 18 heavy (non-hydrogen) atoms. The van der Waals surface area contributed by atoms with E-state index in [1.165, 1.54) is 0 Å². The number of benzene rings is 1. The molecule has 0 amide bonds. The number of hydrogen-bond acceptors (Lipinski definition) is 2. The highest BCUT2D eigenvalue weighted by Crippen LogP contribution is 2.28. The average Bonchev–Trinajstić information content (AvgIpc) is 2.35. The predicted octanol–water partition coefficient (Wildman–Crippen LogP) is 4.77. The second-order valence-corrected chi connectivity index (χ2v) is 4.78. The molecule has 0 spiro atoms. The first kappa shape index (κ1) is 13.2. The Morgan fingerprint density at radius 1 is 1.06 bits per heavy atom. The van der Waals surface area contributed by atoms with E-state index in [2.05, 4.69) is 4.98 Å². The zero-order valence-electron chi connectivity index (χ0n) is 9.12. The van der Waals surface area contributed by atoms with Gasteiger partial charge < -0.3 is 0 Å². The number of rotatable bonds is 2. The molecule has 0 radical (unpaired) electrons. The molecule has 0 N–H and O–H groups in total. The lowest BCUT2D eigenvalue weighted by Gasteiger charge is -2.05. The molecule has 0 unspecified atom stereocenters. The van der Waals surface area contributed by atoms with Gasteiger partial charge in [0, 0.05) is 11.1 Å². The minimum absolute atomic E-state index is 0.244. The van der Waals surface area contributed by atoms with Crippen LogP contribution in [0, 0.1) is 11.3 Å². The Balaban J connectivity index is 2.43. The van der Waals surface area contributed by atoms with Gasteiger partial charge in [0.2, 0.25) is 0 Å². The van der Waals surface area contributed by atoms with Crippen LogP contribution in [0.15, 0.2) is 30.3 Å². The van der Waals surface area contributed by atoms with Crippen LogP contribution in [-0.2, 0) is 6.42 Å². The van der Waals surface area contributed by atoms with Crippen molar-refractivity contribution in [3.63, 3.8) is 0 Å². The first-order valence-electron chi connectivity index (χ1n) is 5.09. The first-order valence-corrected chi connectivity index (χ1v) is 6.23. The number of nitriles is 1. The molecule has 0 atom stereocenters. The van der Waals surface area contributed by atoms with Crippen LogP contribution in [0.25, 0.3) is 11.3 Å². The molecule has 0 bridgehead atoms. The van der Waals surface area contributed by atoms with Gasteiger partial charge >= 0.3 is 0 Å². The molecular formula is C13H7Cl3N2. The monoisotopic (exact) mass is 296 g/mol.